The van der Waals surface area contributed by atoms with E-state index in [1.54, 1.807) is 11.0 Å². The molecule has 0 N–H and O–H groups in total. The molecule has 7 rings (SSSR count). The van der Waals surface area contributed by atoms with Gasteiger partial charge in [0.1, 0.15) is 0 Å². The molecule has 3 heterocycles. The number of halogens is 2. The van der Waals surface area contributed by atoms with Gasteiger partial charge in [-0.15, -0.1) is 22.6 Å². The first-order chi connectivity index (χ1) is 15.1. The van der Waals surface area contributed by atoms with E-state index in [4.69, 9.17) is 11.6 Å². The summed E-state index contributed by atoms with van der Waals surface area (Å²) >= 11 is 5.82. The molecule has 2 saturated carbocycles. The number of amides is 2. The highest BCUT2D eigenvalue weighted by atomic mass is 35.5. The van der Waals surface area contributed by atoms with E-state index in [0.29, 0.717) is 35.4 Å². The van der Waals surface area contributed by atoms with Gasteiger partial charge in [0.15, 0.2) is 11.0 Å². The van der Waals surface area contributed by atoms with Gasteiger partial charge < -0.3 is 4.90 Å². The lowest BCUT2D eigenvalue weighted by atomic mass is 9.63. The van der Waals surface area contributed by atoms with Crippen LogP contribution in [0.4, 0.5) is 5.82 Å². The maximum absolute atomic E-state index is 13.0. The van der Waals surface area contributed by atoms with E-state index in [9.17, 15) is 9.59 Å². The first-order valence-electron chi connectivity index (χ1n) is 11.6. The fourth-order valence-electron chi connectivity index (χ4n) is 6.52. The zero-order chi connectivity index (χ0) is 21.1. The van der Waals surface area contributed by atoms with Gasteiger partial charge in [0.05, 0.1) is 11.8 Å². The van der Waals surface area contributed by atoms with Crippen LogP contribution in [0.15, 0.2) is 24.3 Å². The molecule has 2 saturated heterocycles. The molecule has 6 aliphatic rings. The molecule has 2 bridgehead atoms. The Morgan fingerprint density at radius 2 is 1.50 bits per heavy atom. The normalized spacial score (nSPS) is 35.0. The summed E-state index contributed by atoms with van der Waals surface area (Å²) in [5.41, 5.74) is 0. The molecule has 4 aliphatic carbocycles. The summed E-state index contributed by atoms with van der Waals surface area (Å²) in [5.74, 6) is 2.96. The van der Waals surface area contributed by atoms with Crippen LogP contribution in [0.3, 0.4) is 0 Å². The Kier molecular flexibility index (Phi) is 5.93. The number of piperazine rings is 1. The van der Waals surface area contributed by atoms with Crippen LogP contribution in [0, 0.1) is 35.5 Å². The van der Waals surface area contributed by atoms with Crippen molar-refractivity contribution in [2.24, 2.45) is 35.5 Å². The van der Waals surface area contributed by atoms with Crippen LogP contribution < -0.4 is 4.90 Å². The molecule has 4 fully saturated rings. The monoisotopic (exact) mass is 477 g/mol. The SMILES string of the molecule is Cl.O=C1C2C3C=CC(C4CC34)C2C(=O)N1CCCCN1CCN(c2ccc(Cl)nn2)CC1. The van der Waals surface area contributed by atoms with E-state index in [2.05, 4.69) is 32.1 Å². The van der Waals surface area contributed by atoms with E-state index in [0.717, 1.165) is 51.4 Å². The van der Waals surface area contributed by atoms with Gasteiger partial charge in [-0.3, -0.25) is 19.4 Å². The smallest absolute Gasteiger partial charge is 0.233 e. The van der Waals surface area contributed by atoms with Crippen molar-refractivity contribution in [3.63, 3.8) is 0 Å². The predicted octanol–water partition coefficient (Wildman–Crippen LogP) is 2.51. The molecule has 9 heteroatoms. The number of anilines is 1. The molecule has 32 heavy (non-hydrogen) atoms. The van der Waals surface area contributed by atoms with Crippen LogP contribution in [0.5, 0.6) is 0 Å². The fourth-order valence-corrected chi connectivity index (χ4v) is 6.62. The minimum Gasteiger partial charge on any atom is -0.353 e. The molecule has 1 aromatic rings. The lowest BCUT2D eigenvalue weighted by Crippen LogP contribution is -2.47. The third-order valence-electron chi connectivity index (χ3n) is 8.17. The van der Waals surface area contributed by atoms with Crippen molar-refractivity contribution in [3.05, 3.63) is 29.4 Å². The molecule has 0 spiro atoms. The molecular formula is C23H29Cl2N5O2. The Labute approximate surface area is 199 Å². The maximum atomic E-state index is 13.0. The minimum absolute atomic E-state index is 0. The second kappa shape index (κ2) is 8.58. The lowest BCUT2D eigenvalue weighted by molar-refractivity contribution is -0.140. The molecule has 6 atom stereocenters. The topological polar surface area (TPSA) is 69.6 Å². The van der Waals surface area contributed by atoms with Gasteiger partial charge in [-0.1, -0.05) is 23.8 Å². The summed E-state index contributed by atoms with van der Waals surface area (Å²) in [5, 5.41) is 8.51. The largest absolute Gasteiger partial charge is 0.353 e. The Morgan fingerprint density at radius 3 is 2.09 bits per heavy atom. The summed E-state index contributed by atoms with van der Waals surface area (Å²) in [7, 11) is 0. The Morgan fingerprint density at radius 1 is 0.875 bits per heavy atom. The highest BCUT2D eigenvalue weighted by Crippen LogP contribution is 2.65. The second-order valence-corrected chi connectivity index (χ2v) is 10.1. The third kappa shape index (κ3) is 3.62. The molecule has 0 radical (unpaired) electrons. The van der Waals surface area contributed by atoms with Crippen molar-refractivity contribution in [1.29, 1.82) is 0 Å². The Bertz CT molecular complexity index is 881. The van der Waals surface area contributed by atoms with Crippen LogP contribution in [-0.2, 0) is 9.59 Å². The summed E-state index contributed by atoms with van der Waals surface area (Å²) in [6, 6.07) is 3.69. The number of imide groups is 1. The van der Waals surface area contributed by atoms with Crippen molar-refractivity contribution in [2.75, 3.05) is 44.2 Å². The molecular weight excluding hydrogens is 449 g/mol. The Balaban J connectivity index is 0.00000216. The van der Waals surface area contributed by atoms with Crippen molar-refractivity contribution < 1.29 is 9.59 Å². The zero-order valence-corrected chi connectivity index (χ0v) is 19.5. The van der Waals surface area contributed by atoms with E-state index in [-0.39, 0.29) is 36.1 Å². The molecule has 0 aromatic carbocycles. The van der Waals surface area contributed by atoms with Gasteiger partial charge in [0, 0.05) is 32.7 Å². The molecule has 6 unspecified atom stereocenters. The average Bonchev–Trinajstić information content (AvgIpc) is 3.57. The number of aromatic nitrogens is 2. The molecule has 2 amide bonds. The molecule has 2 aliphatic heterocycles. The number of hydrogen-bond acceptors (Lipinski definition) is 6. The summed E-state index contributed by atoms with van der Waals surface area (Å²) in [4.78, 5) is 32.3. The highest BCUT2D eigenvalue weighted by molar-refractivity contribution is 6.29. The molecule has 7 nitrogen and oxygen atoms in total. The van der Waals surface area contributed by atoms with Crippen molar-refractivity contribution in [1.82, 2.24) is 20.0 Å². The van der Waals surface area contributed by atoms with Gasteiger partial charge in [-0.25, -0.2) is 0 Å². The number of carbonyl (C=O) groups excluding carboxylic acids is 2. The predicted molar refractivity (Wildman–Crippen MR) is 124 cm³/mol. The summed E-state index contributed by atoms with van der Waals surface area (Å²) in [6.07, 6.45) is 7.58. The van der Waals surface area contributed by atoms with Crippen molar-refractivity contribution >= 4 is 41.6 Å². The highest BCUT2D eigenvalue weighted by Gasteiger charge is 2.66. The van der Waals surface area contributed by atoms with Crippen molar-refractivity contribution in [3.8, 4) is 0 Å². The first kappa shape index (κ1) is 22.1. The molecule has 1 aromatic heterocycles. The fraction of sp³-hybridized carbons (Fsp3) is 0.652. The minimum atomic E-state index is -0.0599. The van der Waals surface area contributed by atoms with Gasteiger partial charge >= 0.3 is 0 Å². The maximum Gasteiger partial charge on any atom is 0.233 e. The van der Waals surface area contributed by atoms with E-state index in [1.165, 1.54) is 6.42 Å². The van der Waals surface area contributed by atoms with Gasteiger partial charge in [0.2, 0.25) is 11.8 Å². The van der Waals surface area contributed by atoms with E-state index >= 15 is 0 Å². The average molecular weight is 478 g/mol. The number of rotatable bonds is 6. The van der Waals surface area contributed by atoms with Crippen LogP contribution >= 0.6 is 24.0 Å². The summed E-state index contributed by atoms with van der Waals surface area (Å²) < 4.78 is 0. The number of carbonyl (C=O) groups is 2. The molecule has 172 valence electrons. The van der Waals surface area contributed by atoms with Crippen LogP contribution in [-0.4, -0.2) is 71.1 Å². The zero-order valence-electron chi connectivity index (χ0n) is 18.0. The number of allylic oxidation sites excluding steroid dienone is 2. The van der Waals surface area contributed by atoms with Crippen molar-refractivity contribution in [2.45, 2.75) is 19.3 Å². The van der Waals surface area contributed by atoms with Gasteiger partial charge in [-0.2, -0.15) is 0 Å². The number of likely N-dealkylation sites (tertiary alicyclic amines) is 1. The van der Waals surface area contributed by atoms with Gasteiger partial charge in [-0.05, 0) is 61.6 Å². The van der Waals surface area contributed by atoms with Crippen LogP contribution in [0.2, 0.25) is 5.15 Å². The first-order valence-corrected chi connectivity index (χ1v) is 12.0. The number of unbranched alkanes of at least 4 members (excludes halogenated alkanes) is 1. The quantitative estimate of drug-likeness (QED) is 0.356. The third-order valence-corrected chi connectivity index (χ3v) is 8.38. The van der Waals surface area contributed by atoms with E-state index in [1.807, 2.05) is 6.07 Å². The second-order valence-electron chi connectivity index (χ2n) is 9.73. The number of nitrogens with zero attached hydrogens (tertiary/aromatic N) is 5. The number of hydrogen-bond donors (Lipinski definition) is 0. The van der Waals surface area contributed by atoms with Gasteiger partial charge in [0.25, 0.3) is 0 Å². The van der Waals surface area contributed by atoms with Crippen LogP contribution in [0.1, 0.15) is 19.3 Å². The standard InChI is InChI=1S/C23H28ClN5O2.ClH/c24-18-5-6-19(26-25-18)28-11-9-27(10-12-28)7-1-2-8-29-22(30)20-14-3-4-15(17-13-16(14)17)21(20)23(29)31;/h3-6,14-17,20-21H,1-2,7-13H2;1H. The summed E-state index contributed by atoms with van der Waals surface area (Å²) in [6.45, 7) is 5.38. The van der Waals surface area contributed by atoms with Crippen LogP contribution in [0.25, 0.3) is 0 Å². The lowest BCUT2D eigenvalue weighted by Gasteiger charge is -2.37. The Hall–Kier alpha value is -1.70. The van der Waals surface area contributed by atoms with E-state index < -0.39 is 0 Å².